The van der Waals surface area contributed by atoms with Crippen molar-refractivity contribution < 1.29 is 13.2 Å². The third kappa shape index (κ3) is 6.21. The summed E-state index contributed by atoms with van der Waals surface area (Å²) in [6.07, 6.45) is 1.96. The first-order valence-electron chi connectivity index (χ1n) is 9.73. The number of rotatable bonds is 9. The number of hydrogen-bond donors (Lipinski definition) is 1. The highest BCUT2D eigenvalue weighted by Crippen LogP contribution is 2.28. The Balaban J connectivity index is 1.58. The quantitative estimate of drug-likeness (QED) is 0.498. The average molecular weight is 440 g/mol. The molecule has 0 aromatic heterocycles. The summed E-state index contributed by atoms with van der Waals surface area (Å²) < 4.78 is 23.8. The first-order valence-corrected chi connectivity index (χ1v) is 12.6. The van der Waals surface area contributed by atoms with Crippen LogP contribution in [0.2, 0.25) is 0 Å². The molecule has 0 heterocycles. The molecule has 0 unspecified atom stereocenters. The summed E-state index contributed by atoms with van der Waals surface area (Å²) in [5.41, 5.74) is 2.43. The zero-order valence-electron chi connectivity index (χ0n) is 16.8. The average Bonchev–Trinajstić information content (AvgIpc) is 2.76. The van der Waals surface area contributed by atoms with Crippen molar-refractivity contribution in [2.24, 2.45) is 0 Å². The lowest BCUT2D eigenvalue weighted by molar-refractivity contribution is -0.118. The molecular weight excluding hydrogens is 414 g/mol. The summed E-state index contributed by atoms with van der Waals surface area (Å²) in [6.45, 7) is 0.543. The van der Waals surface area contributed by atoms with Crippen molar-refractivity contribution >= 4 is 27.5 Å². The van der Waals surface area contributed by atoms with Gasteiger partial charge < -0.3 is 5.32 Å². The monoisotopic (exact) mass is 439 g/mol. The molecule has 0 saturated heterocycles. The van der Waals surface area contributed by atoms with Crippen LogP contribution in [0.4, 0.5) is 0 Å². The molecule has 1 N–H and O–H groups in total. The standard InChI is InChI=1S/C24H25NO3S2/c1-30(27,28)23-15-9-8-14-22(23)29-18-24(26)25-17-16-21(19-10-4-2-5-11-19)20-12-6-3-7-13-20/h2-15,21H,16-18H2,1H3,(H,25,26). The predicted octanol–water partition coefficient (Wildman–Crippen LogP) is 4.52. The molecule has 4 nitrogen and oxygen atoms in total. The zero-order chi connectivity index (χ0) is 21.4. The highest BCUT2D eigenvalue weighted by molar-refractivity contribution is 8.00. The Bertz CT molecular complexity index is 1030. The Morgan fingerprint density at radius 1 is 0.867 bits per heavy atom. The second-order valence-corrected chi connectivity index (χ2v) is 10.0. The Labute approximate surface area is 182 Å². The van der Waals surface area contributed by atoms with Gasteiger partial charge in [-0.1, -0.05) is 72.8 Å². The van der Waals surface area contributed by atoms with Gasteiger partial charge >= 0.3 is 0 Å². The minimum atomic E-state index is -3.32. The normalized spacial score (nSPS) is 11.4. The van der Waals surface area contributed by atoms with E-state index in [1.165, 1.54) is 29.1 Å². The van der Waals surface area contributed by atoms with Crippen LogP contribution in [0.1, 0.15) is 23.5 Å². The summed E-state index contributed by atoms with van der Waals surface area (Å²) in [5, 5.41) is 2.97. The smallest absolute Gasteiger partial charge is 0.230 e. The third-order valence-corrected chi connectivity index (χ3v) is 7.12. The number of carbonyl (C=O) groups is 1. The van der Waals surface area contributed by atoms with Crippen molar-refractivity contribution in [3.05, 3.63) is 96.1 Å². The molecule has 0 saturated carbocycles. The Morgan fingerprint density at radius 3 is 1.97 bits per heavy atom. The van der Waals surface area contributed by atoms with Crippen LogP contribution >= 0.6 is 11.8 Å². The molecule has 1 amide bonds. The van der Waals surface area contributed by atoms with Crippen LogP contribution in [0.3, 0.4) is 0 Å². The van der Waals surface area contributed by atoms with E-state index in [4.69, 9.17) is 0 Å². The van der Waals surface area contributed by atoms with Crippen molar-refractivity contribution in [2.45, 2.75) is 22.1 Å². The summed E-state index contributed by atoms with van der Waals surface area (Å²) in [4.78, 5) is 13.2. The molecule has 3 aromatic carbocycles. The number of nitrogens with one attached hydrogen (secondary N) is 1. The topological polar surface area (TPSA) is 63.2 Å². The van der Waals surface area contributed by atoms with Gasteiger partial charge in [-0.2, -0.15) is 0 Å². The van der Waals surface area contributed by atoms with Gasteiger partial charge in [0.15, 0.2) is 9.84 Å². The molecule has 0 aliphatic heterocycles. The molecule has 0 aliphatic carbocycles. The van der Waals surface area contributed by atoms with E-state index in [9.17, 15) is 13.2 Å². The van der Waals surface area contributed by atoms with Crippen molar-refractivity contribution in [3.8, 4) is 0 Å². The van der Waals surface area contributed by atoms with Gasteiger partial charge in [0.25, 0.3) is 0 Å². The summed E-state index contributed by atoms with van der Waals surface area (Å²) >= 11 is 1.24. The van der Waals surface area contributed by atoms with Gasteiger partial charge in [0.05, 0.1) is 10.6 Å². The number of carbonyl (C=O) groups excluding carboxylic acids is 1. The van der Waals surface area contributed by atoms with E-state index in [0.29, 0.717) is 11.4 Å². The van der Waals surface area contributed by atoms with Crippen LogP contribution in [0, 0.1) is 0 Å². The lowest BCUT2D eigenvalue weighted by Gasteiger charge is -2.18. The second kappa shape index (κ2) is 10.5. The molecule has 0 bridgehead atoms. The molecule has 0 radical (unpaired) electrons. The highest BCUT2D eigenvalue weighted by Gasteiger charge is 2.16. The first-order chi connectivity index (χ1) is 14.4. The molecule has 6 heteroatoms. The number of thioether (sulfide) groups is 1. The Kier molecular flexibility index (Phi) is 7.71. The largest absolute Gasteiger partial charge is 0.355 e. The minimum absolute atomic E-state index is 0.108. The molecule has 0 atom stereocenters. The highest BCUT2D eigenvalue weighted by atomic mass is 32.2. The first kappa shape index (κ1) is 22.1. The van der Waals surface area contributed by atoms with Crippen LogP contribution in [0.15, 0.2) is 94.7 Å². The van der Waals surface area contributed by atoms with Crippen molar-refractivity contribution in [1.82, 2.24) is 5.32 Å². The van der Waals surface area contributed by atoms with E-state index >= 15 is 0 Å². The molecule has 0 fully saturated rings. The fourth-order valence-electron chi connectivity index (χ4n) is 3.32. The van der Waals surface area contributed by atoms with E-state index < -0.39 is 9.84 Å². The van der Waals surface area contributed by atoms with Gasteiger partial charge in [0.2, 0.25) is 5.91 Å². The fourth-order valence-corrected chi connectivity index (χ4v) is 5.49. The van der Waals surface area contributed by atoms with E-state index in [-0.39, 0.29) is 22.5 Å². The predicted molar refractivity (Wildman–Crippen MR) is 123 cm³/mol. The van der Waals surface area contributed by atoms with Gasteiger partial charge in [-0.15, -0.1) is 11.8 Å². The van der Waals surface area contributed by atoms with Crippen LogP contribution in [0.25, 0.3) is 0 Å². The molecule has 0 aliphatic rings. The SMILES string of the molecule is CS(=O)(=O)c1ccccc1SCC(=O)NCCC(c1ccccc1)c1ccccc1. The van der Waals surface area contributed by atoms with Crippen molar-refractivity contribution in [1.29, 1.82) is 0 Å². The van der Waals surface area contributed by atoms with E-state index in [0.717, 1.165) is 6.42 Å². The second-order valence-electron chi connectivity index (χ2n) is 7.02. The number of benzene rings is 3. The number of amides is 1. The lowest BCUT2D eigenvalue weighted by atomic mass is 9.88. The van der Waals surface area contributed by atoms with Gasteiger partial charge in [-0.3, -0.25) is 4.79 Å². The lowest BCUT2D eigenvalue weighted by Crippen LogP contribution is -2.27. The maximum Gasteiger partial charge on any atom is 0.230 e. The number of sulfone groups is 1. The van der Waals surface area contributed by atoms with E-state index in [1.54, 1.807) is 24.3 Å². The summed E-state index contributed by atoms with van der Waals surface area (Å²) in [7, 11) is -3.32. The fraction of sp³-hybridized carbons (Fsp3) is 0.208. The third-order valence-electron chi connectivity index (χ3n) is 4.77. The van der Waals surface area contributed by atoms with Gasteiger partial charge in [0.1, 0.15) is 0 Å². The van der Waals surface area contributed by atoms with Crippen LogP contribution in [0.5, 0.6) is 0 Å². The summed E-state index contributed by atoms with van der Waals surface area (Å²) in [5.74, 6) is 0.267. The summed E-state index contributed by atoms with van der Waals surface area (Å²) in [6, 6.07) is 27.3. The van der Waals surface area contributed by atoms with Crippen LogP contribution < -0.4 is 5.32 Å². The van der Waals surface area contributed by atoms with Gasteiger partial charge in [-0.25, -0.2) is 8.42 Å². The molecule has 3 aromatic rings. The Morgan fingerprint density at radius 2 is 1.40 bits per heavy atom. The molecular formula is C24H25NO3S2. The maximum absolute atomic E-state index is 12.4. The van der Waals surface area contributed by atoms with Crippen LogP contribution in [-0.4, -0.2) is 32.9 Å². The van der Waals surface area contributed by atoms with Gasteiger partial charge in [-0.05, 0) is 29.7 Å². The van der Waals surface area contributed by atoms with E-state index in [1.807, 2.05) is 36.4 Å². The number of hydrogen-bond acceptors (Lipinski definition) is 4. The van der Waals surface area contributed by atoms with Crippen LogP contribution in [-0.2, 0) is 14.6 Å². The zero-order valence-corrected chi connectivity index (χ0v) is 18.5. The maximum atomic E-state index is 12.4. The minimum Gasteiger partial charge on any atom is -0.355 e. The van der Waals surface area contributed by atoms with Crippen molar-refractivity contribution in [3.63, 3.8) is 0 Å². The van der Waals surface area contributed by atoms with E-state index in [2.05, 4.69) is 29.6 Å². The van der Waals surface area contributed by atoms with Gasteiger partial charge in [0, 0.05) is 23.6 Å². The van der Waals surface area contributed by atoms with Crippen molar-refractivity contribution in [2.75, 3.05) is 18.6 Å². The molecule has 30 heavy (non-hydrogen) atoms. The molecule has 0 spiro atoms. The molecule has 156 valence electrons. The Hall–Kier alpha value is -2.57. The molecule has 3 rings (SSSR count).